The zero-order chi connectivity index (χ0) is 12.3. The summed E-state index contributed by atoms with van der Waals surface area (Å²) in [5.41, 5.74) is 1.23. The van der Waals surface area contributed by atoms with Crippen molar-refractivity contribution in [3.8, 4) is 0 Å². The Labute approximate surface area is 114 Å². The van der Waals surface area contributed by atoms with Crippen molar-refractivity contribution in [2.45, 2.75) is 52.0 Å². The van der Waals surface area contributed by atoms with Crippen LogP contribution in [0.2, 0.25) is 5.02 Å². The highest BCUT2D eigenvalue weighted by Gasteiger charge is 2.27. The van der Waals surface area contributed by atoms with Gasteiger partial charge < -0.3 is 5.32 Å². The van der Waals surface area contributed by atoms with Gasteiger partial charge in [0.15, 0.2) is 0 Å². The lowest BCUT2D eigenvalue weighted by Gasteiger charge is -2.30. The van der Waals surface area contributed by atoms with Crippen LogP contribution in [0.15, 0.2) is 5.38 Å². The average Bonchev–Trinajstić information content (AvgIpc) is 2.69. The molecular weight excluding hydrogens is 250 g/mol. The van der Waals surface area contributed by atoms with E-state index in [9.17, 15) is 0 Å². The van der Waals surface area contributed by atoms with Crippen LogP contribution in [-0.4, -0.2) is 6.54 Å². The highest BCUT2D eigenvalue weighted by molar-refractivity contribution is 7.10. The van der Waals surface area contributed by atoms with Crippen molar-refractivity contribution in [3.63, 3.8) is 0 Å². The first-order chi connectivity index (χ1) is 8.24. The van der Waals surface area contributed by atoms with Gasteiger partial charge in [0.1, 0.15) is 0 Å². The fourth-order valence-electron chi connectivity index (χ4n) is 2.82. The lowest BCUT2D eigenvalue weighted by molar-refractivity contribution is 0.277. The first-order valence-electron chi connectivity index (χ1n) is 6.71. The third-order valence-corrected chi connectivity index (χ3v) is 5.55. The molecule has 1 N–H and O–H groups in total. The van der Waals surface area contributed by atoms with E-state index in [-0.39, 0.29) is 0 Å². The van der Waals surface area contributed by atoms with Crippen LogP contribution in [-0.2, 0) is 0 Å². The normalized spacial score (nSPS) is 19.5. The number of hydrogen-bond donors (Lipinski definition) is 1. The van der Waals surface area contributed by atoms with Crippen LogP contribution >= 0.6 is 22.9 Å². The number of rotatable bonds is 4. The predicted molar refractivity (Wildman–Crippen MR) is 77.1 cm³/mol. The Hall–Kier alpha value is -0.0500. The fourth-order valence-corrected chi connectivity index (χ4v) is 4.30. The molecule has 1 heterocycles. The van der Waals surface area contributed by atoms with E-state index in [4.69, 9.17) is 11.6 Å². The van der Waals surface area contributed by atoms with Gasteiger partial charge in [-0.15, -0.1) is 11.3 Å². The average molecular weight is 272 g/mol. The summed E-state index contributed by atoms with van der Waals surface area (Å²) < 4.78 is 0. The largest absolute Gasteiger partial charge is 0.309 e. The fraction of sp³-hybridized carbons (Fsp3) is 0.714. The minimum Gasteiger partial charge on any atom is -0.309 e. The monoisotopic (exact) mass is 271 g/mol. The molecule has 96 valence electrons. The molecule has 0 radical (unpaired) electrons. The summed E-state index contributed by atoms with van der Waals surface area (Å²) in [5, 5.41) is 6.83. The van der Waals surface area contributed by atoms with Crippen molar-refractivity contribution in [3.05, 3.63) is 20.8 Å². The molecule has 0 bridgehead atoms. The molecule has 0 saturated heterocycles. The third kappa shape index (κ3) is 3.04. The zero-order valence-corrected chi connectivity index (χ0v) is 12.3. The zero-order valence-electron chi connectivity index (χ0n) is 10.8. The van der Waals surface area contributed by atoms with E-state index >= 15 is 0 Å². The van der Waals surface area contributed by atoms with Gasteiger partial charge >= 0.3 is 0 Å². The quantitative estimate of drug-likeness (QED) is 0.818. The molecule has 1 aromatic rings. The molecule has 0 aliphatic heterocycles. The van der Waals surface area contributed by atoms with Crippen LogP contribution in [0.25, 0.3) is 0 Å². The summed E-state index contributed by atoms with van der Waals surface area (Å²) in [6.45, 7) is 5.31. The van der Waals surface area contributed by atoms with Gasteiger partial charge in [-0.2, -0.15) is 0 Å². The second kappa shape index (κ2) is 6.21. The van der Waals surface area contributed by atoms with Crippen molar-refractivity contribution in [2.24, 2.45) is 5.92 Å². The summed E-state index contributed by atoms with van der Waals surface area (Å²) in [6, 6.07) is 0.478. The van der Waals surface area contributed by atoms with Gasteiger partial charge in [0.2, 0.25) is 0 Å². The minimum atomic E-state index is 0.478. The molecular formula is C14H22ClNS. The topological polar surface area (TPSA) is 12.0 Å². The third-order valence-electron chi connectivity index (χ3n) is 3.75. The van der Waals surface area contributed by atoms with Crippen LogP contribution in [0.4, 0.5) is 0 Å². The molecule has 1 atom stereocenters. The van der Waals surface area contributed by atoms with E-state index in [0.29, 0.717) is 6.04 Å². The Morgan fingerprint density at radius 3 is 2.65 bits per heavy atom. The van der Waals surface area contributed by atoms with Crippen molar-refractivity contribution >= 4 is 22.9 Å². The van der Waals surface area contributed by atoms with Gasteiger partial charge in [-0.1, -0.05) is 37.8 Å². The molecule has 2 rings (SSSR count). The predicted octanol–water partition coefficient (Wildman–Crippen LogP) is 4.94. The van der Waals surface area contributed by atoms with Gasteiger partial charge in [0.25, 0.3) is 0 Å². The number of halogens is 1. The van der Waals surface area contributed by atoms with Gasteiger partial charge in [-0.05, 0) is 43.2 Å². The van der Waals surface area contributed by atoms with Gasteiger partial charge in [-0.25, -0.2) is 0 Å². The Balaban J connectivity index is 2.18. The lowest BCUT2D eigenvalue weighted by atomic mass is 9.83. The molecule has 1 aliphatic carbocycles. The van der Waals surface area contributed by atoms with Crippen LogP contribution < -0.4 is 5.32 Å². The SMILES string of the molecule is CCNC(c1scc(C)c1Cl)C1CCCCC1. The van der Waals surface area contributed by atoms with Gasteiger partial charge in [0.05, 0.1) is 5.02 Å². The number of aryl methyl sites for hydroxylation is 1. The highest BCUT2D eigenvalue weighted by Crippen LogP contribution is 2.40. The van der Waals surface area contributed by atoms with Gasteiger partial charge in [0, 0.05) is 10.9 Å². The second-order valence-electron chi connectivity index (χ2n) is 5.03. The molecule has 1 saturated carbocycles. The molecule has 0 amide bonds. The Morgan fingerprint density at radius 2 is 2.12 bits per heavy atom. The molecule has 1 aromatic heterocycles. The van der Waals surface area contributed by atoms with Crippen molar-refractivity contribution < 1.29 is 0 Å². The summed E-state index contributed by atoms with van der Waals surface area (Å²) in [4.78, 5) is 1.36. The smallest absolute Gasteiger partial charge is 0.0590 e. The van der Waals surface area contributed by atoms with E-state index in [0.717, 1.165) is 17.5 Å². The van der Waals surface area contributed by atoms with Crippen molar-refractivity contribution in [1.29, 1.82) is 0 Å². The molecule has 0 spiro atoms. The Morgan fingerprint density at radius 1 is 1.41 bits per heavy atom. The van der Waals surface area contributed by atoms with E-state index in [1.54, 1.807) is 0 Å². The molecule has 1 aliphatic rings. The first-order valence-corrected chi connectivity index (χ1v) is 7.96. The maximum Gasteiger partial charge on any atom is 0.0590 e. The maximum atomic E-state index is 6.43. The van der Waals surface area contributed by atoms with Gasteiger partial charge in [-0.3, -0.25) is 0 Å². The molecule has 1 unspecified atom stereocenters. The van der Waals surface area contributed by atoms with E-state index in [2.05, 4.69) is 24.5 Å². The molecule has 0 aromatic carbocycles. The molecule has 17 heavy (non-hydrogen) atoms. The van der Waals surface area contributed by atoms with Crippen LogP contribution in [0.5, 0.6) is 0 Å². The summed E-state index contributed by atoms with van der Waals surface area (Å²) in [7, 11) is 0. The van der Waals surface area contributed by atoms with E-state index in [1.807, 2.05) is 11.3 Å². The lowest BCUT2D eigenvalue weighted by Crippen LogP contribution is -2.29. The standard InChI is InChI=1S/C14H22ClNS/c1-3-16-13(11-7-5-4-6-8-11)14-12(15)10(2)9-17-14/h9,11,13,16H,3-8H2,1-2H3. The Bertz CT molecular complexity index is 355. The minimum absolute atomic E-state index is 0.478. The molecule has 1 fully saturated rings. The molecule has 1 nitrogen and oxygen atoms in total. The molecule has 3 heteroatoms. The van der Waals surface area contributed by atoms with E-state index in [1.165, 1.54) is 42.5 Å². The number of hydrogen-bond acceptors (Lipinski definition) is 2. The van der Waals surface area contributed by atoms with Crippen molar-refractivity contribution in [2.75, 3.05) is 6.54 Å². The van der Waals surface area contributed by atoms with E-state index < -0.39 is 0 Å². The van der Waals surface area contributed by atoms with Crippen LogP contribution in [0.3, 0.4) is 0 Å². The summed E-state index contributed by atoms with van der Waals surface area (Å²) in [6.07, 6.45) is 6.88. The highest BCUT2D eigenvalue weighted by atomic mass is 35.5. The Kier molecular flexibility index (Phi) is 4.89. The van der Waals surface area contributed by atoms with Crippen molar-refractivity contribution in [1.82, 2.24) is 5.32 Å². The maximum absolute atomic E-state index is 6.43. The van der Waals surface area contributed by atoms with Crippen LogP contribution in [0.1, 0.15) is 55.5 Å². The van der Waals surface area contributed by atoms with Crippen LogP contribution in [0, 0.1) is 12.8 Å². The second-order valence-corrected chi connectivity index (χ2v) is 6.32. The summed E-state index contributed by atoms with van der Waals surface area (Å²) >= 11 is 8.25. The number of thiophene rings is 1. The number of nitrogens with one attached hydrogen (secondary N) is 1. The summed E-state index contributed by atoms with van der Waals surface area (Å²) in [5.74, 6) is 0.777. The first kappa shape index (κ1) is 13.4.